The molecule has 2 aliphatic rings. The van der Waals surface area contributed by atoms with Crippen LogP contribution in [0.15, 0.2) is 0 Å². The lowest BCUT2D eigenvalue weighted by Crippen LogP contribution is -2.46. The lowest BCUT2D eigenvalue weighted by molar-refractivity contribution is -0.131. The van der Waals surface area contributed by atoms with Gasteiger partial charge in [0.15, 0.2) is 0 Å². The Balaban J connectivity index is 1.88. The maximum atomic E-state index is 12.0. The summed E-state index contributed by atoms with van der Waals surface area (Å²) in [5.74, 6) is 0.970. The van der Waals surface area contributed by atoms with Gasteiger partial charge in [0, 0.05) is 11.5 Å². The van der Waals surface area contributed by atoms with Crippen LogP contribution in [0.2, 0.25) is 0 Å². The third kappa shape index (κ3) is 1.92. The van der Waals surface area contributed by atoms with Crippen molar-refractivity contribution in [3.05, 3.63) is 0 Å². The molecular formula is C11H20N2O. The van der Waals surface area contributed by atoms with Crippen molar-refractivity contribution in [2.45, 2.75) is 39.2 Å². The summed E-state index contributed by atoms with van der Waals surface area (Å²) in [5, 5.41) is 6.44. The van der Waals surface area contributed by atoms with Crippen LogP contribution in [-0.2, 0) is 4.79 Å². The molecule has 80 valence electrons. The Morgan fingerprint density at radius 3 is 2.50 bits per heavy atom. The van der Waals surface area contributed by atoms with Crippen LogP contribution in [0.5, 0.6) is 0 Å². The molecule has 0 spiro atoms. The SMILES string of the molecule is CC1CC1NC(=O)C1(C)CCNCC1. The smallest absolute Gasteiger partial charge is 0.226 e. The molecule has 2 atom stereocenters. The summed E-state index contributed by atoms with van der Waals surface area (Å²) in [7, 11) is 0. The summed E-state index contributed by atoms with van der Waals surface area (Å²) < 4.78 is 0. The van der Waals surface area contributed by atoms with E-state index >= 15 is 0 Å². The normalized spacial score (nSPS) is 35.0. The van der Waals surface area contributed by atoms with Gasteiger partial charge < -0.3 is 10.6 Å². The van der Waals surface area contributed by atoms with Gasteiger partial charge in [-0.15, -0.1) is 0 Å². The zero-order valence-electron chi connectivity index (χ0n) is 9.10. The van der Waals surface area contributed by atoms with Gasteiger partial charge >= 0.3 is 0 Å². The number of piperidine rings is 1. The van der Waals surface area contributed by atoms with E-state index in [2.05, 4.69) is 24.5 Å². The van der Waals surface area contributed by atoms with E-state index in [1.807, 2.05) is 0 Å². The molecule has 1 aliphatic heterocycles. The van der Waals surface area contributed by atoms with Crippen molar-refractivity contribution < 1.29 is 4.79 Å². The molecule has 0 radical (unpaired) electrons. The molecule has 0 bridgehead atoms. The van der Waals surface area contributed by atoms with Gasteiger partial charge in [-0.2, -0.15) is 0 Å². The van der Waals surface area contributed by atoms with E-state index in [1.54, 1.807) is 0 Å². The Labute approximate surface area is 85.6 Å². The topological polar surface area (TPSA) is 41.1 Å². The van der Waals surface area contributed by atoms with Crippen molar-refractivity contribution in [2.24, 2.45) is 11.3 Å². The molecule has 1 saturated carbocycles. The van der Waals surface area contributed by atoms with Gasteiger partial charge in [0.2, 0.25) is 5.91 Å². The van der Waals surface area contributed by atoms with Crippen molar-refractivity contribution in [1.29, 1.82) is 0 Å². The van der Waals surface area contributed by atoms with E-state index in [-0.39, 0.29) is 11.3 Å². The Hall–Kier alpha value is -0.570. The maximum Gasteiger partial charge on any atom is 0.226 e. The Morgan fingerprint density at radius 2 is 2.00 bits per heavy atom. The minimum absolute atomic E-state index is 0.117. The average molecular weight is 196 g/mol. The molecule has 1 amide bonds. The van der Waals surface area contributed by atoms with Crippen LogP contribution in [0, 0.1) is 11.3 Å². The molecule has 2 rings (SSSR count). The molecule has 0 aromatic heterocycles. The minimum atomic E-state index is -0.117. The lowest BCUT2D eigenvalue weighted by Gasteiger charge is -2.32. The van der Waals surface area contributed by atoms with Crippen LogP contribution < -0.4 is 10.6 Å². The molecule has 0 aromatic rings. The van der Waals surface area contributed by atoms with Gasteiger partial charge in [-0.1, -0.05) is 13.8 Å². The number of rotatable bonds is 2. The second-order valence-corrected chi connectivity index (χ2v) is 5.10. The molecular weight excluding hydrogens is 176 g/mol. The number of hydrogen-bond acceptors (Lipinski definition) is 2. The first-order valence-electron chi connectivity index (χ1n) is 5.63. The number of carbonyl (C=O) groups excluding carboxylic acids is 1. The predicted octanol–water partition coefficient (Wildman–Crippen LogP) is 0.901. The van der Waals surface area contributed by atoms with Crippen molar-refractivity contribution in [1.82, 2.24) is 10.6 Å². The quantitative estimate of drug-likeness (QED) is 0.689. The van der Waals surface area contributed by atoms with Gasteiger partial charge in [0.05, 0.1) is 0 Å². The molecule has 3 heteroatoms. The van der Waals surface area contributed by atoms with E-state index < -0.39 is 0 Å². The van der Waals surface area contributed by atoms with E-state index in [9.17, 15) is 4.79 Å². The summed E-state index contributed by atoms with van der Waals surface area (Å²) in [6.07, 6.45) is 3.11. The third-order valence-electron chi connectivity index (χ3n) is 3.68. The zero-order chi connectivity index (χ0) is 10.2. The minimum Gasteiger partial charge on any atom is -0.353 e. The first-order chi connectivity index (χ1) is 6.62. The Morgan fingerprint density at radius 1 is 1.43 bits per heavy atom. The van der Waals surface area contributed by atoms with Crippen LogP contribution in [-0.4, -0.2) is 25.0 Å². The second-order valence-electron chi connectivity index (χ2n) is 5.10. The lowest BCUT2D eigenvalue weighted by atomic mass is 9.80. The molecule has 2 N–H and O–H groups in total. The summed E-state index contributed by atoms with van der Waals surface area (Å²) in [6.45, 7) is 6.24. The van der Waals surface area contributed by atoms with Crippen LogP contribution in [0.3, 0.4) is 0 Å². The summed E-state index contributed by atoms with van der Waals surface area (Å²) in [5.41, 5.74) is -0.117. The summed E-state index contributed by atoms with van der Waals surface area (Å²) in [4.78, 5) is 12.0. The van der Waals surface area contributed by atoms with Gasteiger partial charge in [0.25, 0.3) is 0 Å². The number of amides is 1. The summed E-state index contributed by atoms with van der Waals surface area (Å²) in [6, 6.07) is 0.467. The first-order valence-corrected chi connectivity index (χ1v) is 5.63. The maximum absolute atomic E-state index is 12.0. The molecule has 0 aromatic carbocycles. The molecule has 1 aliphatic carbocycles. The standard InChI is InChI=1S/C11H20N2O/c1-8-7-9(8)13-10(14)11(2)3-5-12-6-4-11/h8-9,12H,3-7H2,1-2H3,(H,13,14). The number of nitrogens with one attached hydrogen (secondary N) is 2. The molecule has 3 nitrogen and oxygen atoms in total. The van der Waals surface area contributed by atoms with Gasteiger partial charge in [-0.25, -0.2) is 0 Å². The molecule has 2 fully saturated rings. The van der Waals surface area contributed by atoms with Gasteiger partial charge in [-0.05, 0) is 38.3 Å². The molecule has 1 saturated heterocycles. The zero-order valence-corrected chi connectivity index (χ0v) is 9.10. The van der Waals surface area contributed by atoms with Crippen molar-refractivity contribution in [3.63, 3.8) is 0 Å². The monoisotopic (exact) mass is 196 g/mol. The fraction of sp³-hybridized carbons (Fsp3) is 0.909. The molecule has 14 heavy (non-hydrogen) atoms. The van der Waals surface area contributed by atoms with Crippen LogP contribution in [0.1, 0.15) is 33.1 Å². The van der Waals surface area contributed by atoms with Crippen molar-refractivity contribution >= 4 is 5.91 Å². The van der Waals surface area contributed by atoms with Crippen molar-refractivity contribution in [3.8, 4) is 0 Å². The van der Waals surface area contributed by atoms with Crippen molar-refractivity contribution in [2.75, 3.05) is 13.1 Å². The van der Waals surface area contributed by atoms with Gasteiger partial charge in [0.1, 0.15) is 0 Å². The largest absolute Gasteiger partial charge is 0.353 e. The second kappa shape index (κ2) is 3.54. The van der Waals surface area contributed by atoms with Crippen LogP contribution in [0.25, 0.3) is 0 Å². The highest BCUT2D eigenvalue weighted by Crippen LogP contribution is 2.33. The predicted molar refractivity (Wildman–Crippen MR) is 55.9 cm³/mol. The van der Waals surface area contributed by atoms with Gasteiger partial charge in [-0.3, -0.25) is 4.79 Å². The molecule has 1 heterocycles. The Kier molecular flexibility index (Phi) is 2.52. The number of carbonyl (C=O) groups is 1. The van der Waals surface area contributed by atoms with E-state index in [0.29, 0.717) is 12.0 Å². The van der Waals surface area contributed by atoms with E-state index in [4.69, 9.17) is 0 Å². The number of hydrogen-bond donors (Lipinski definition) is 2. The molecule has 2 unspecified atom stereocenters. The Bertz CT molecular complexity index is 233. The van der Waals surface area contributed by atoms with Crippen LogP contribution >= 0.6 is 0 Å². The first kappa shape index (κ1) is 9.97. The van der Waals surface area contributed by atoms with Crippen LogP contribution in [0.4, 0.5) is 0 Å². The third-order valence-corrected chi connectivity index (χ3v) is 3.68. The fourth-order valence-electron chi connectivity index (χ4n) is 2.07. The van der Waals surface area contributed by atoms with E-state index in [1.165, 1.54) is 6.42 Å². The van der Waals surface area contributed by atoms with E-state index in [0.717, 1.165) is 25.9 Å². The summed E-state index contributed by atoms with van der Waals surface area (Å²) >= 11 is 0. The fourth-order valence-corrected chi connectivity index (χ4v) is 2.07. The highest BCUT2D eigenvalue weighted by Gasteiger charge is 2.40. The average Bonchev–Trinajstić information content (AvgIpc) is 2.83. The highest BCUT2D eigenvalue weighted by molar-refractivity contribution is 5.82. The highest BCUT2D eigenvalue weighted by atomic mass is 16.2.